The summed E-state index contributed by atoms with van der Waals surface area (Å²) >= 11 is 0. The fraction of sp³-hybridized carbons (Fsp3) is 0.286. The normalized spacial score (nSPS) is 15.2. The quantitative estimate of drug-likeness (QED) is 0.650. The largest absolute Gasteiger partial charge is 0.319 e. The molecule has 0 bridgehead atoms. The highest BCUT2D eigenvalue weighted by molar-refractivity contribution is 5.96. The maximum absolute atomic E-state index is 13.3. The minimum atomic E-state index is -0.835. The van der Waals surface area contributed by atoms with Gasteiger partial charge in [0.1, 0.15) is 17.0 Å². The predicted molar refractivity (Wildman–Crippen MR) is 114 cm³/mol. The van der Waals surface area contributed by atoms with Crippen molar-refractivity contribution in [2.75, 3.05) is 18.4 Å². The van der Waals surface area contributed by atoms with E-state index in [1.807, 2.05) is 0 Å². The standard InChI is InChI=1S/C21H22FN5O2.ClH/c22-17-6-4-16(5-7-17)15-26-13-1-3-18(19(26)28)25-20(29)21(8-11-23-12-9-21)27-14-2-10-24-27;/h1-7,10,13-14,23H,8-9,11-12,15H2,(H,25,29);1H. The second-order valence-electron chi connectivity index (χ2n) is 7.17. The molecule has 3 heterocycles. The molecule has 3 aromatic rings. The van der Waals surface area contributed by atoms with Crippen molar-refractivity contribution in [3.05, 3.63) is 82.8 Å². The number of carbonyl (C=O) groups is 1. The van der Waals surface area contributed by atoms with E-state index in [-0.39, 0.29) is 41.9 Å². The number of benzene rings is 1. The van der Waals surface area contributed by atoms with Gasteiger partial charge in [0.25, 0.3) is 11.5 Å². The zero-order chi connectivity index (χ0) is 20.3. The van der Waals surface area contributed by atoms with Gasteiger partial charge in [-0.15, -0.1) is 12.4 Å². The Labute approximate surface area is 179 Å². The molecule has 4 rings (SSSR count). The fourth-order valence-corrected chi connectivity index (χ4v) is 3.70. The molecule has 2 N–H and O–H groups in total. The maximum atomic E-state index is 13.3. The van der Waals surface area contributed by atoms with Crippen LogP contribution in [0.4, 0.5) is 10.1 Å². The average Bonchev–Trinajstić information content (AvgIpc) is 3.28. The first kappa shape index (κ1) is 21.7. The molecule has 0 unspecified atom stereocenters. The number of rotatable bonds is 5. The molecule has 158 valence electrons. The Hall–Kier alpha value is -2.97. The highest BCUT2D eigenvalue weighted by Crippen LogP contribution is 2.28. The van der Waals surface area contributed by atoms with E-state index in [0.29, 0.717) is 25.9 Å². The number of hydrogen-bond acceptors (Lipinski definition) is 4. The Bertz CT molecular complexity index is 1040. The van der Waals surface area contributed by atoms with Crippen LogP contribution < -0.4 is 16.2 Å². The van der Waals surface area contributed by atoms with Crippen molar-refractivity contribution in [2.45, 2.75) is 24.9 Å². The average molecular weight is 432 g/mol. The van der Waals surface area contributed by atoms with Crippen LogP contribution in [0.15, 0.2) is 65.8 Å². The molecular formula is C21H23ClFN5O2. The zero-order valence-corrected chi connectivity index (χ0v) is 17.1. The molecular weight excluding hydrogens is 409 g/mol. The lowest BCUT2D eigenvalue weighted by Crippen LogP contribution is -2.52. The number of carbonyl (C=O) groups excluding carboxylic acids is 1. The third-order valence-corrected chi connectivity index (χ3v) is 5.33. The zero-order valence-electron chi connectivity index (χ0n) is 16.3. The number of anilines is 1. The number of nitrogens with one attached hydrogen (secondary N) is 2. The molecule has 1 aromatic carbocycles. The summed E-state index contributed by atoms with van der Waals surface area (Å²) in [5, 5.41) is 10.4. The van der Waals surface area contributed by atoms with E-state index < -0.39 is 5.54 Å². The van der Waals surface area contributed by atoms with Crippen LogP contribution in [0.2, 0.25) is 0 Å². The van der Waals surface area contributed by atoms with Gasteiger partial charge in [-0.25, -0.2) is 4.39 Å². The first-order valence-electron chi connectivity index (χ1n) is 9.55. The molecule has 0 atom stereocenters. The van der Waals surface area contributed by atoms with Crippen LogP contribution in [0.5, 0.6) is 0 Å². The van der Waals surface area contributed by atoms with Crippen molar-refractivity contribution in [1.82, 2.24) is 19.7 Å². The van der Waals surface area contributed by atoms with Gasteiger partial charge in [-0.3, -0.25) is 14.3 Å². The van der Waals surface area contributed by atoms with Crippen LogP contribution in [0.25, 0.3) is 0 Å². The highest BCUT2D eigenvalue weighted by Gasteiger charge is 2.42. The summed E-state index contributed by atoms with van der Waals surface area (Å²) in [7, 11) is 0. The summed E-state index contributed by atoms with van der Waals surface area (Å²) in [4.78, 5) is 26.1. The Morgan fingerprint density at radius 1 is 1.13 bits per heavy atom. The minimum absolute atomic E-state index is 0. The van der Waals surface area contributed by atoms with Crippen LogP contribution in [-0.2, 0) is 16.9 Å². The molecule has 1 fully saturated rings. The van der Waals surface area contributed by atoms with Crippen LogP contribution in [-0.4, -0.2) is 33.3 Å². The van der Waals surface area contributed by atoms with Crippen molar-refractivity contribution < 1.29 is 9.18 Å². The first-order valence-corrected chi connectivity index (χ1v) is 9.55. The second kappa shape index (κ2) is 9.23. The van der Waals surface area contributed by atoms with Gasteiger partial charge < -0.3 is 15.2 Å². The fourth-order valence-electron chi connectivity index (χ4n) is 3.70. The van der Waals surface area contributed by atoms with Crippen molar-refractivity contribution in [2.24, 2.45) is 0 Å². The molecule has 0 radical (unpaired) electrons. The van der Waals surface area contributed by atoms with Gasteiger partial charge in [0, 0.05) is 18.6 Å². The third kappa shape index (κ3) is 4.29. The number of amides is 1. The van der Waals surface area contributed by atoms with Gasteiger partial charge in [-0.05, 0) is 61.8 Å². The number of pyridine rings is 1. The molecule has 1 aliphatic rings. The number of halogens is 2. The van der Waals surface area contributed by atoms with Gasteiger partial charge in [-0.2, -0.15) is 5.10 Å². The summed E-state index contributed by atoms with van der Waals surface area (Å²) in [6.45, 7) is 1.67. The molecule has 0 saturated carbocycles. The van der Waals surface area contributed by atoms with Gasteiger partial charge in [0.05, 0.1) is 6.54 Å². The molecule has 1 amide bonds. The molecule has 0 aliphatic carbocycles. The second-order valence-corrected chi connectivity index (χ2v) is 7.17. The minimum Gasteiger partial charge on any atom is -0.319 e. The topological polar surface area (TPSA) is 81.0 Å². The Morgan fingerprint density at radius 2 is 1.87 bits per heavy atom. The first-order chi connectivity index (χ1) is 14.1. The third-order valence-electron chi connectivity index (χ3n) is 5.33. The summed E-state index contributed by atoms with van der Waals surface area (Å²) < 4.78 is 16.3. The Balaban J connectivity index is 0.00000256. The van der Waals surface area contributed by atoms with E-state index in [0.717, 1.165) is 5.56 Å². The Kier molecular flexibility index (Phi) is 6.69. The number of nitrogens with zero attached hydrogens (tertiary/aromatic N) is 3. The summed E-state index contributed by atoms with van der Waals surface area (Å²) in [5.74, 6) is -0.577. The predicted octanol–water partition coefficient (Wildman–Crippen LogP) is 2.37. The van der Waals surface area contributed by atoms with E-state index in [1.54, 1.807) is 53.6 Å². The van der Waals surface area contributed by atoms with E-state index >= 15 is 0 Å². The van der Waals surface area contributed by atoms with Gasteiger partial charge >= 0.3 is 0 Å². The van der Waals surface area contributed by atoms with Crippen LogP contribution in [0, 0.1) is 5.82 Å². The number of piperidine rings is 1. The molecule has 0 spiro atoms. The van der Waals surface area contributed by atoms with E-state index in [2.05, 4.69) is 15.7 Å². The lowest BCUT2D eigenvalue weighted by atomic mass is 9.87. The van der Waals surface area contributed by atoms with Gasteiger partial charge in [0.2, 0.25) is 0 Å². The van der Waals surface area contributed by atoms with Crippen molar-refractivity contribution in [3.63, 3.8) is 0 Å². The van der Waals surface area contributed by atoms with Crippen molar-refractivity contribution in [1.29, 1.82) is 0 Å². The van der Waals surface area contributed by atoms with E-state index in [9.17, 15) is 14.0 Å². The van der Waals surface area contributed by atoms with Crippen molar-refractivity contribution >= 4 is 24.0 Å². The maximum Gasteiger partial charge on any atom is 0.274 e. The monoisotopic (exact) mass is 431 g/mol. The van der Waals surface area contributed by atoms with E-state index in [1.165, 1.54) is 16.7 Å². The number of hydrogen-bond donors (Lipinski definition) is 2. The summed E-state index contributed by atoms with van der Waals surface area (Å²) in [6.07, 6.45) is 6.24. The molecule has 7 nitrogen and oxygen atoms in total. The van der Waals surface area contributed by atoms with Crippen LogP contribution >= 0.6 is 12.4 Å². The smallest absolute Gasteiger partial charge is 0.274 e. The lowest BCUT2D eigenvalue weighted by Gasteiger charge is -2.36. The SMILES string of the molecule is Cl.O=C(Nc1cccn(Cc2ccc(F)cc2)c1=O)C1(n2cccn2)CCNCC1. The van der Waals surface area contributed by atoms with Gasteiger partial charge in [0.15, 0.2) is 0 Å². The van der Waals surface area contributed by atoms with Crippen molar-refractivity contribution in [3.8, 4) is 0 Å². The Morgan fingerprint density at radius 3 is 2.53 bits per heavy atom. The summed E-state index contributed by atoms with van der Waals surface area (Å²) in [6, 6.07) is 11.1. The highest BCUT2D eigenvalue weighted by atomic mass is 35.5. The van der Waals surface area contributed by atoms with Gasteiger partial charge in [-0.1, -0.05) is 12.1 Å². The van der Waals surface area contributed by atoms with Crippen LogP contribution in [0.1, 0.15) is 18.4 Å². The molecule has 1 aliphatic heterocycles. The van der Waals surface area contributed by atoms with Crippen LogP contribution in [0.3, 0.4) is 0 Å². The summed E-state index contributed by atoms with van der Waals surface area (Å²) in [5.41, 5.74) is -0.138. The molecule has 9 heteroatoms. The lowest BCUT2D eigenvalue weighted by molar-refractivity contribution is -0.126. The molecule has 30 heavy (non-hydrogen) atoms. The number of aromatic nitrogens is 3. The van der Waals surface area contributed by atoms with E-state index in [4.69, 9.17) is 0 Å². The molecule has 1 saturated heterocycles. The molecule has 2 aromatic heterocycles.